The molecule has 1 saturated heterocycles. The molecule has 2 rings (SSSR count). The third-order valence-corrected chi connectivity index (χ3v) is 4.21. The summed E-state index contributed by atoms with van der Waals surface area (Å²) in [7, 11) is 0. The molecule has 1 aliphatic heterocycles. The topological polar surface area (TPSA) is 49.4 Å². The van der Waals surface area contributed by atoms with Crippen molar-refractivity contribution in [1.82, 2.24) is 10.2 Å². The third-order valence-electron chi connectivity index (χ3n) is 3.44. The summed E-state index contributed by atoms with van der Waals surface area (Å²) in [4.78, 5) is 25.3. The maximum atomic E-state index is 13.2. The van der Waals surface area contributed by atoms with Crippen LogP contribution in [-0.2, 0) is 16.0 Å². The van der Waals surface area contributed by atoms with Crippen LogP contribution in [0.2, 0.25) is 0 Å². The highest BCUT2D eigenvalue weighted by Crippen LogP contribution is 2.20. The Hall–Kier alpha value is -1.43. The molecule has 20 heavy (non-hydrogen) atoms. The van der Waals surface area contributed by atoms with Crippen LogP contribution in [0.25, 0.3) is 0 Å². The molecule has 0 spiro atoms. The van der Waals surface area contributed by atoms with Gasteiger partial charge in [-0.1, -0.05) is 15.9 Å². The number of carbonyl (C=O) groups excluding carboxylic acids is 2. The van der Waals surface area contributed by atoms with Gasteiger partial charge in [-0.05, 0) is 37.1 Å². The molecule has 1 N–H and O–H groups in total. The van der Waals surface area contributed by atoms with E-state index in [4.69, 9.17) is 0 Å². The second-order valence-corrected chi connectivity index (χ2v) is 5.64. The summed E-state index contributed by atoms with van der Waals surface area (Å²) in [5, 5.41) is 2.72. The van der Waals surface area contributed by atoms with Crippen LogP contribution in [0.3, 0.4) is 0 Å². The summed E-state index contributed by atoms with van der Waals surface area (Å²) in [5.74, 6) is -0.526. The van der Waals surface area contributed by atoms with Gasteiger partial charge < -0.3 is 10.2 Å². The molecule has 0 bridgehead atoms. The zero-order chi connectivity index (χ0) is 14.7. The molecule has 1 atom stereocenters. The van der Waals surface area contributed by atoms with Crippen LogP contribution >= 0.6 is 15.9 Å². The van der Waals surface area contributed by atoms with Gasteiger partial charge in [0.1, 0.15) is 11.9 Å². The van der Waals surface area contributed by atoms with Crippen LogP contribution in [0, 0.1) is 5.82 Å². The highest BCUT2D eigenvalue weighted by Gasteiger charge is 2.28. The van der Waals surface area contributed by atoms with E-state index < -0.39 is 6.04 Å². The molecule has 2 amide bonds. The second-order valence-electron chi connectivity index (χ2n) is 4.79. The van der Waals surface area contributed by atoms with Crippen LogP contribution in [0.5, 0.6) is 0 Å². The van der Waals surface area contributed by atoms with Crippen molar-refractivity contribution in [2.24, 2.45) is 0 Å². The van der Waals surface area contributed by atoms with E-state index in [1.807, 2.05) is 0 Å². The van der Waals surface area contributed by atoms with Gasteiger partial charge in [-0.3, -0.25) is 9.59 Å². The normalized spacial score (nSPS) is 18.9. The number of rotatable bonds is 3. The fraction of sp³-hybridized carbons (Fsp3) is 0.429. The monoisotopic (exact) mass is 342 g/mol. The number of piperazine rings is 1. The minimum absolute atomic E-state index is 0.0801. The number of hydrogen-bond acceptors (Lipinski definition) is 2. The van der Waals surface area contributed by atoms with E-state index in [1.165, 1.54) is 12.1 Å². The first-order chi connectivity index (χ1) is 9.49. The molecule has 0 unspecified atom stereocenters. The molecular weight excluding hydrogens is 327 g/mol. The van der Waals surface area contributed by atoms with Crippen molar-refractivity contribution in [3.8, 4) is 0 Å². The van der Waals surface area contributed by atoms with Gasteiger partial charge in [-0.25, -0.2) is 4.39 Å². The molecule has 1 heterocycles. The maximum absolute atomic E-state index is 13.2. The van der Waals surface area contributed by atoms with Gasteiger partial charge in [-0.2, -0.15) is 0 Å². The number of aryl methyl sites for hydroxylation is 1. The van der Waals surface area contributed by atoms with Gasteiger partial charge in [0, 0.05) is 24.0 Å². The van der Waals surface area contributed by atoms with Gasteiger partial charge in [0.2, 0.25) is 11.8 Å². The first kappa shape index (κ1) is 15.0. The van der Waals surface area contributed by atoms with E-state index >= 15 is 0 Å². The molecule has 4 nitrogen and oxygen atoms in total. The zero-order valence-electron chi connectivity index (χ0n) is 11.2. The Kier molecular flexibility index (Phi) is 4.75. The van der Waals surface area contributed by atoms with Gasteiger partial charge >= 0.3 is 0 Å². The van der Waals surface area contributed by atoms with E-state index in [1.54, 1.807) is 17.9 Å². The van der Waals surface area contributed by atoms with E-state index in [0.29, 0.717) is 19.5 Å². The van der Waals surface area contributed by atoms with Crippen molar-refractivity contribution in [2.75, 3.05) is 13.1 Å². The SMILES string of the molecule is C[C@@H]1C(=O)NCCN1C(=O)CCc1cc(F)ccc1Br. The van der Waals surface area contributed by atoms with Crippen molar-refractivity contribution in [2.45, 2.75) is 25.8 Å². The quantitative estimate of drug-likeness (QED) is 0.911. The number of carbonyl (C=O) groups is 2. The highest BCUT2D eigenvalue weighted by molar-refractivity contribution is 9.10. The van der Waals surface area contributed by atoms with Gasteiger partial charge in [0.05, 0.1) is 0 Å². The first-order valence-electron chi connectivity index (χ1n) is 6.50. The molecule has 6 heteroatoms. The van der Waals surface area contributed by atoms with Crippen molar-refractivity contribution in [3.63, 3.8) is 0 Å². The predicted molar refractivity (Wildman–Crippen MR) is 76.6 cm³/mol. The Bertz CT molecular complexity index is 536. The van der Waals surface area contributed by atoms with Crippen molar-refractivity contribution in [1.29, 1.82) is 0 Å². The fourth-order valence-electron chi connectivity index (χ4n) is 2.24. The van der Waals surface area contributed by atoms with E-state index in [2.05, 4.69) is 21.2 Å². The molecule has 1 aliphatic rings. The first-order valence-corrected chi connectivity index (χ1v) is 7.29. The standard InChI is InChI=1S/C14H16BrFN2O2/c1-9-14(20)17-6-7-18(9)13(19)5-2-10-8-11(16)3-4-12(10)15/h3-4,8-9H,2,5-7H2,1H3,(H,17,20)/t9-/m1/s1. The number of amides is 2. The van der Waals surface area contributed by atoms with Crippen molar-refractivity contribution < 1.29 is 14.0 Å². The van der Waals surface area contributed by atoms with Crippen molar-refractivity contribution >= 4 is 27.7 Å². The zero-order valence-corrected chi connectivity index (χ0v) is 12.7. The van der Waals surface area contributed by atoms with Crippen LogP contribution in [-0.4, -0.2) is 35.8 Å². The van der Waals surface area contributed by atoms with Crippen LogP contribution in [0.1, 0.15) is 18.9 Å². The van der Waals surface area contributed by atoms with E-state index in [0.717, 1.165) is 10.0 Å². The largest absolute Gasteiger partial charge is 0.353 e. The number of hydrogen-bond donors (Lipinski definition) is 1. The Morgan fingerprint density at radius 2 is 2.30 bits per heavy atom. The van der Waals surface area contributed by atoms with Gasteiger partial charge in [-0.15, -0.1) is 0 Å². The minimum Gasteiger partial charge on any atom is -0.353 e. The molecule has 0 saturated carbocycles. The van der Waals surface area contributed by atoms with Crippen LogP contribution in [0.4, 0.5) is 4.39 Å². The van der Waals surface area contributed by atoms with Gasteiger partial charge in [0.25, 0.3) is 0 Å². The molecule has 1 aromatic rings. The predicted octanol–water partition coefficient (Wildman–Crippen LogP) is 1.87. The second kappa shape index (κ2) is 6.35. The summed E-state index contributed by atoms with van der Waals surface area (Å²) in [5.41, 5.74) is 0.757. The Balaban J connectivity index is 1.98. The molecular formula is C14H16BrFN2O2. The maximum Gasteiger partial charge on any atom is 0.242 e. The molecule has 1 aromatic carbocycles. The van der Waals surface area contributed by atoms with E-state index in [9.17, 15) is 14.0 Å². The fourth-order valence-corrected chi connectivity index (χ4v) is 2.69. The minimum atomic E-state index is -0.438. The Morgan fingerprint density at radius 3 is 3.05 bits per heavy atom. The number of benzene rings is 1. The summed E-state index contributed by atoms with van der Waals surface area (Å²) < 4.78 is 14.0. The smallest absolute Gasteiger partial charge is 0.242 e. The number of nitrogens with zero attached hydrogens (tertiary/aromatic N) is 1. The van der Waals surface area contributed by atoms with Crippen molar-refractivity contribution in [3.05, 3.63) is 34.1 Å². The lowest BCUT2D eigenvalue weighted by atomic mass is 10.1. The summed E-state index contributed by atoms with van der Waals surface area (Å²) in [6, 6.07) is 3.98. The number of nitrogens with one attached hydrogen (secondary N) is 1. The Labute approximate surface area is 125 Å². The number of halogens is 2. The third kappa shape index (κ3) is 3.36. The van der Waals surface area contributed by atoms with Crippen LogP contribution in [0.15, 0.2) is 22.7 Å². The van der Waals surface area contributed by atoms with E-state index in [-0.39, 0.29) is 24.1 Å². The Morgan fingerprint density at radius 1 is 1.55 bits per heavy atom. The van der Waals surface area contributed by atoms with Crippen LogP contribution < -0.4 is 5.32 Å². The van der Waals surface area contributed by atoms with Gasteiger partial charge in [0.15, 0.2) is 0 Å². The lowest BCUT2D eigenvalue weighted by molar-refractivity contribution is -0.142. The molecule has 0 aromatic heterocycles. The average molecular weight is 343 g/mol. The molecule has 108 valence electrons. The lowest BCUT2D eigenvalue weighted by Crippen LogP contribution is -2.55. The lowest BCUT2D eigenvalue weighted by Gasteiger charge is -2.32. The average Bonchev–Trinajstić information content (AvgIpc) is 2.42. The summed E-state index contributed by atoms with van der Waals surface area (Å²) in [6.07, 6.45) is 0.710. The molecule has 0 aliphatic carbocycles. The summed E-state index contributed by atoms with van der Waals surface area (Å²) >= 11 is 3.34. The highest BCUT2D eigenvalue weighted by atomic mass is 79.9. The molecule has 0 radical (unpaired) electrons. The summed E-state index contributed by atoms with van der Waals surface area (Å²) in [6.45, 7) is 2.72. The molecule has 1 fully saturated rings.